The van der Waals surface area contributed by atoms with Gasteiger partial charge in [-0.1, -0.05) is 28.9 Å². The first-order valence-corrected chi connectivity index (χ1v) is 6.43. The standard InChI is InChI=1S/C15H15ClN2O2/c1-10-7-13(5-6-14(10)15(17)18-19)20-9-11-3-2-4-12(16)8-11/h2-8,19H,9H2,1H3,(H2,17,18). The van der Waals surface area contributed by atoms with Crippen molar-refractivity contribution < 1.29 is 9.94 Å². The van der Waals surface area contributed by atoms with Crippen LogP contribution in [0.2, 0.25) is 5.02 Å². The van der Waals surface area contributed by atoms with Crippen molar-refractivity contribution in [1.82, 2.24) is 0 Å². The molecule has 0 spiro atoms. The third-order valence-corrected chi connectivity index (χ3v) is 3.11. The van der Waals surface area contributed by atoms with Crippen LogP contribution in [0.4, 0.5) is 0 Å². The normalized spacial score (nSPS) is 11.4. The zero-order chi connectivity index (χ0) is 14.5. The SMILES string of the molecule is Cc1cc(OCc2cccc(Cl)c2)ccc1/C(N)=N/O. The molecule has 2 aromatic rings. The topological polar surface area (TPSA) is 67.8 Å². The van der Waals surface area contributed by atoms with E-state index in [9.17, 15) is 0 Å². The molecule has 0 fully saturated rings. The fourth-order valence-corrected chi connectivity index (χ4v) is 2.07. The molecule has 3 N–H and O–H groups in total. The van der Waals surface area contributed by atoms with E-state index in [1.54, 1.807) is 12.1 Å². The molecule has 0 radical (unpaired) electrons. The molecule has 104 valence electrons. The molecule has 0 saturated heterocycles. The average Bonchev–Trinajstić information content (AvgIpc) is 2.44. The quantitative estimate of drug-likeness (QED) is 0.393. The van der Waals surface area contributed by atoms with Gasteiger partial charge >= 0.3 is 0 Å². The highest BCUT2D eigenvalue weighted by Crippen LogP contribution is 2.19. The van der Waals surface area contributed by atoms with Gasteiger partial charge in [0.1, 0.15) is 12.4 Å². The molecule has 5 heteroatoms. The lowest BCUT2D eigenvalue weighted by Crippen LogP contribution is -2.14. The van der Waals surface area contributed by atoms with Crippen LogP contribution in [0.5, 0.6) is 5.75 Å². The minimum Gasteiger partial charge on any atom is -0.489 e. The molecule has 0 heterocycles. The molecule has 2 rings (SSSR count). The predicted molar refractivity (Wildman–Crippen MR) is 79.5 cm³/mol. The van der Waals surface area contributed by atoms with Gasteiger partial charge in [0, 0.05) is 10.6 Å². The van der Waals surface area contributed by atoms with E-state index in [-0.39, 0.29) is 5.84 Å². The summed E-state index contributed by atoms with van der Waals surface area (Å²) in [6.07, 6.45) is 0. The summed E-state index contributed by atoms with van der Waals surface area (Å²) in [4.78, 5) is 0. The second-order valence-corrected chi connectivity index (χ2v) is 4.82. The van der Waals surface area contributed by atoms with Crippen molar-refractivity contribution in [2.24, 2.45) is 10.9 Å². The summed E-state index contributed by atoms with van der Waals surface area (Å²) in [6.45, 7) is 2.31. The van der Waals surface area contributed by atoms with Gasteiger partial charge in [0.25, 0.3) is 0 Å². The first-order valence-electron chi connectivity index (χ1n) is 6.06. The molecule has 4 nitrogen and oxygen atoms in total. The van der Waals surface area contributed by atoms with E-state index in [4.69, 9.17) is 27.3 Å². The summed E-state index contributed by atoms with van der Waals surface area (Å²) >= 11 is 5.92. The monoisotopic (exact) mass is 290 g/mol. The molecule has 0 amide bonds. The summed E-state index contributed by atoms with van der Waals surface area (Å²) in [5, 5.41) is 12.4. The number of halogens is 1. The van der Waals surface area contributed by atoms with Crippen molar-refractivity contribution in [1.29, 1.82) is 0 Å². The predicted octanol–water partition coefficient (Wildman–Crippen LogP) is 3.32. The van der Waals surface area contributed by atoms with Gasteiger partial charge in [-0.05, 0) is 48.4 Å². The zero-order valence-corrected chi connectivity index (χ0v) is 11.8. The smallest absolute Gasteiger partial charge is 0.170 e. The Labute approximate surface area is 122 Å². The van der Waals surface area contributed by atoms with Crippen LogP contribution in [0.3, 0.4) is 0 Å². The summed E-state index contributed by atoms with van der Waals surface area (Å²) < 4.78 is 5.69. The fraction of sp³-hybridized carbons (Fsp3) is 0.133. The Bertz CT molecular complexity index is 642. The van der Waals surface area contributed by atoms with E-state index in [1.165, 1.54) is 0 Å². The molecule has 2 aromatic carbocycles. The Balaban J connectivity index is 2.09. The summed E-state index contributed by atoms with van der Waals surface area (Å²) in [6, 6.07) is 12.9. The van der Waals surface area contributed by atoms with Crippen molar-refractivity contribution in [3.8, 4) is 5.75 Å². The van der Waals surface area contributed by atoms with Gasteiger partial charge in [0.15, 0.2) is 5.84 Å². The van der Waals surface area contributed by atoms with Crippen molar-refractivity contribution in [3.63, 3.8) is 0 Å². The average molecular weight is 291 g/mol. The number of aryl methyl sites for hydroxylation is 1. The van der Waals surface area contributed by atoms with Crippen LogP contribution >= 0.6 is 11.6 Å². The maximum absolute atomic E-state index is 8.68. The van der Waals surface area contributed by atoms with Crippen LogP contribution in [0, 0.1) is 6.92 Å². The Morgan fingerprint density at radius 3 is 2.75 bits per heavy atom. The molecular formula is C15H15ClN2O2. The number of nitrogens with two attached hydrogens (primary N) is 1. The van der Waals surface area contributed by atoms with E-state index < -0.39 is 0 Å². The van der Waals surface area contributed by atoms with Gasteiger partial charge in [-0.2, -0.15) is 0 Å². The number of rotatable bonds is 4. The van der Waals surface area contributed by atoms with E-state index in [1.807, 2.05) is 37.3 Å². The second-order valence-electron chi connectivity index (χ2n) is 4.38. The molecule has 0 saturated carbocycles. The molecule has 0 atom stereocenters. The van der Waals surface area contributed by atoms with Crippen LogP contribution in [0.1, 0.15) is 16.7 Å². The van der Waals surface area contributed by atoms with E-state index in [0.29, 0.717) is 17.2 Å². The van der Waals surface area contributed by atoms with Gasteiger partial charge in [-0.15, -0.1) is 0 Å². The van der Waals surface area contributed by atoms with E-state index >= 15 is 0 Å². The van der Waals surface area contributed by atoms with Crippen LogP contribution in [-0.4, -0.2) is 11.0 Å². The fourth-order valence-electron chi connectivity index (χ4n) is 1.86. The molecule has 0 aromatic heterocycles. The highest BCUT2D eigenvalue weighted by molar-refractivity contribution is 6.30. The molecular weight excluding hydrogens is 276 g/mol. The Hall–Kier alpha value is -2.20. The van der Waals surface area contributed by atoms with Crippen LogP contribution in [-0.2, 0) is 6.61 Å². The van der Waals surface area contributed by atoms with Crippen molar-refractivity contribution in [2.45, 2.75) is 13.5 Å². The lowest BCUT2D eigenvalue weighted by atomic mass is 10.1. The Kier molecular flexibility index (Phi) is 4.48. The lowest BCUT2D eigenvalue weighted by molar-refractivity contribution is 0.306. The van der Waals surface area contributed by atoms with Crippen molar-refractivity contribution >= 4 is 17.4 Å². The second kappa shape index (κ2) is 6.30. The van der Waals surface area contributed by atoms with Gasteiger partial charge in [0.05, 0.1) is 0 Å². The van der Waals surface area contributed by atoms with Gasteiger partial charge < -0.3 is 15.7 Å². The number of amidine groups is 1. The number of ether oxygens (including phenoxy) is 1. The lowest BCUT2D eigenvalue weighted by Gasteiger charge is -2.09. The number of hydrogen-bond acceptors (Lipinski definition) is 3. The molecule has 0 aliphatic heterocycles. The van der Waals surface area contributed by atoms with E-state index in [0.717, 1.165) is 16.9 Å². The van der Waals surface area contributed by atoms with Crippen molar-refractivity contribution in [2.75, 3.05) is 0 Å². The number of oxime groups is 1. The number of nitrogens with zero attached hydrogens (tertiary/aromatic N) is 1. The number of hydrogen-bond donors (Lipinski definition) is 2. The Morgan fingerprint density at radius 1 is 1.30 bits per heavy atom. The molecule has 0 aliphatic rings. The maximum atomic E-state index is 8.68. The van der Waals surface area contributed by atoms with Gasteiger partial charge in [-0.3, -0.25) is 0 Å². The van der Waals surface area contributed by atoms with Gasteiger partial charge in [-0.25, -0.2) is 0 Å². The summed E-state index contributed by atoms with van der Waals surface area (Å²) in [5.74, 6) is 0.806. The highest BCUT2D eigenvalue weighted by atomic mass is 35.5. The van der Waals surface area contributed by atoms with Gasteiger partial charge in [0.2, 0.25) is 0 Å². The minimum atomic E-state index is 0.0869. The summed E-state index contributed by atoms with van der Waals surface area (Å²) in [7, 11) is 0. The maximum Gasteiger partial charge on any atom is 0.170 e. The van der Waals surface area contributed by atoms with E-state index in [2.05, 4.69) is 5.16 Å². The highest BCUT2D eigenvalue weighted by Gasteiger charge is 2.05. The first-order chi connectivity index (χ1) is 9.60. The summed E-state index contributed by atoms with van der Waals surface area (Å²) in [5.41, 5.74) is 8.13. The van der Waals surface area contributed by atoms with Crippen molar-refractivity contribution in [3.05, 3.63) is 64.2 Å². The largest absolute Gasteiger partial charge is 0.489 e. The third kappa shape index (κ3) is 3.42. The minimum absolute atomic E-state index is 0.0869. The molecule has 0 bridgehead atoms. The first kappa shape index (κ1) is 14.2. The Morgan fingerprint density at radius 2 is 2.10 bits per heavy atom. The van der Waals surface area contributed by atoms with Crippen LogP contribution in [0.15, 0.2) is 47.6 Å². The molecule has 0 aliphatic carbocycles. The van der Waals surface area contributed by atoms with Crippen LogP contribution < -0.4 is 10.5 Å². The zero-order valence-electron chi connectivity index (χ0n) is 11.0. The number of benzene rings is 2. The van der Waals surface area contributed by atoms with Crippen LogP contribution in [0.25, 0.3) is 0 Å². The third-order valence-electron chi connectivity index (χ3n) is 2.88. The molecule has 20 heavy (non-hydrogen) atoms. The molecule has 0 unspecified atom stereocenters.